The summed E-state index contributed by atoms with van der Waals surface area (Å²) in [5, 5.41) is 5.57. The highest BCUT2D eigenvalue weighted by molar-refractivity contribution is 6.17. The predicted octanol–water partition coefficient (Wildman–Crippen LogP) is 2.39. The number of rotatable bonds is 6. The number of benzene rings is 2. The fourth-order valence-corrected chi connectivity index (χ4v) is 3.41. The summed E-state index contributed by atoms with van der Waals surface area (Å²) >= 11 is 0. The van der Waals surface area contributed by atoms with E-state index in [1.54, 1.807) is 47.4 Å². The summed E-state index contributed by atoms with van der Waals surface area (Å²) in [5.74, 6) is -0.555. The Morgan fingerprint density at radius 1 is 1.14 bits per heavy atom. The molecule has 0 spiro atoms. The van der Waals surface area contributed by atoms with Crippen LogP contribution < -0.4 is 21.3 Å². The van der Waals surface area contributed by atoms with Gasteiger partial charge in [-0.15, -0.1) is 0 Å². The quantitative estimate of drug-likeness (QED) is 0.700. The number of anilines is 2. The molecule has 3 rings (SSSR count). The molecule has 0 saturated carbocycles. The molecular formula is C22H26N4O3. The van der Waals surface area contributed by atoms with Gasteiger partial charge < -0.3 is 16.4 Å². The van der Waals surface area contributed by atoms with Crippen molar-refractivity contribution in [2.75, 3.05) is 23.3 Å². The average molecular weight is 394 g/mol. The van der Waals surface area contributed by atoms with Gasteiger partial charge in [0.1, 0.15) is 6.04 Å². The van der Waals surface area contributed by atoms with Crippen LogP contribution in [0.2, 0.25) is 0 Å². The van der Waals surface area contributed by atoms with Gasteiger partial charge in [-0.05, 0) is 42.7 Å². The Balaban J connectivity index is 2.02. The summed E-state index contributed by atoms with van der Waals surface area (Å²) in [6, 6.07) is 13.2. The molecule has 0 fully saturated rings. The minimum atomic E-state index is -0.618. The lowest BCUT2D eigenvalue weighted by Gasteiger charge is -2.37. The van der Waals surface area contributed by atoms with Crippen LogP contribution in [0.15, 0.2) is 48.5 Å². The molecule has 7 nitrogen and oxygen atoms in total. The van der Waals surface area contributed by atoms with E-state index in [1.807, 2.05) is 19.9 Å². The molecule has 2 aromatic carbocycles. The van der Waals surface area contributed by atoms with E-state index in [2.05, 4.69) is 10.6 Å². The molecule has 1 atom stereocenters. The fraction of sp³-hybridized carbons (Fsp3) is 0.318. The second kappa shape index (κ2) is 8.87. The van der Waals surface area contributed by atoms with Crippen molar-refractivity contribution in [3.05, 3.63) is 59.7 Å². The fourth-order valence-electron chi connectivity index (χ4n) is 3.41. The number of fused-ring (bicyclic) bond motifs is 1. The summed E-state index contributed by atoms with van der Waals surface area (Å²) in [4.78, 5) is 40.0. The molecular weight excluding hydrogens is 368 g/mol. The minimum Gasteiger partial charge on any atom is -0.351 e. The molecule has 0 bridgehead atoms. The van der Waals surface area contributed by atoms with Gasteiger partial charge in [-0.1, -0.05) is 32.0 Å². The maximum absolute atomic E-state index is 13.3. The van der Waals surface area contributed by atoms with Gasteiger partial charge in [-0.3, -0.25) is 19.3 Å². The Morgan fingerprint density at radius 3 is 2.52 bits per heavy atom. The predicted molar refractivity (Wildman–Crippen MR) is 113 cm³/mol. The summed E-state index contributed by atoms with van der Waals surface area (Å²) in [7, 11) is 0. The maximum atomic E-state index is 13.3. The van der Waals surface area contributed by atoms with E-state index >= 15 is 0 Å². The van der Waals surface area contributed by atoms with Gasteiger partial charge in [0.05, 0.1) is 11.4 Å². The molecule has 0 aromatic heterocycles. The maximum Gasteiger partial charge on any atom is 0.259 e. The summed E-state index contributed by atoms with van der Waals surface area (Å²) < 4.78 is 0. The van der Waals surface area contributed by atoms with Gasteiger partial charge in [0.25, 0.3) is 11.8 Å². The number of carbonyl (C=O) groups excluding carboxylic acids is 3. The highest BCUT2D eigenvalue weighted by atomic mass is 16.2. The van der Waals surface area contributed by atoms with Gasteiger partial charge in [0.2, 0.25) is 5.91 Å². The molecule has 1 aliphatic heterocycles. The third-order valence-electron chi connectivity index (χ3n) is 4.75. The third kappa shape index (κ3) is 4.46. The molecule has 0 radical (unpaired) electrons. The van der Waals surface area contributed by atoms with Crippen LogP contribution in [0.5, 0.6) is 0 Å². The Morgan fingerprint density at radius 2 is 1.86 bits per heavy atom. The topological polar surface area (TPSA) is 105 Å². The molecule has 152 valence electrons. The van der Waals surface area contributed by atoms with E-state index < -0.39 is 6.04 Å². The molecule has 7 heteroatoms. The number of hydrogen-bond acceptors (Lipinski definition) is 4. The van der Waals surface area contributed by atoms with E-state index in [4.69, 9.17) is 5.73 Å². The number of hydrogen-bond donors (Lipinski definition) is 3. The largest absolute Gasteiger partial charge is 0.351 e. The lowest BCUT2D eigenvalue weighted by atomic mass is 9.96. The van der Waals surface area contributed by atoms with Crippen molar-refractivity contribution in [2.24, 2.45) is 11.7 Å². The first kappa shape index (κ1) is 20.5. The second-order valence-electron chi connectivity index (χ2n) is 7.45. The summed E-state index contributed by atoms with van der Waals surface area (Å²) in [6.45, 7) is 4.72. The van der Waals surface area contributed by atoms with Crippen molar-refractivity contribution in [1.82, 2.24) is 5.32 Å². The Labute approximate surface area is 170 Å². The smallest absolute Gasteiger partial charge is 0.259 e. The SMILES string of the molecule is CC(C)CC1C(=O)Nc2cc(C(=O)NCCN)ccc2N1C(=O)c1ccccc1. The number of nitrogens with zero attached hydrogens (tertiary/aromatic N) is 1. The summed E-state index contributed by atoms with van der Waals surface area (Å²) in [5.41, 5.74) is 7.36. The van der Waals surface area contributed by atoms with E-state index in [9.17, 15) is 14.4 Å². The monoisotopic (exact) mass is 394 g/mol. The molecule has 4 N–H and O–H groups in total. The van der Waals surface area contributed by atoms with Crippen LogP contribution in [0.1, 0.15) is 41.0 Å². The molecule has 1 heterocycles. The normalized spacial score (nSPS) is 15.7. The van der Waals surface area contributed by atoms with Crippen LogP contribution >= 0.6 is 0 Å². The first-order valence-corrected chi connectivity index (χ1v) is 9.74. The number of carbonyl (C=O) groups is 3. The van der Waals surface area contributed by atoms with Crippen LogP contribution in [-0.2, 0) is 4.79 Å². The number of amides is 3. The summed E-state index contributed by atoms with van der Waals surface area (Å²) in [6.07, 6.45) is 0.530. The first-order valence-electron chi connectivity index (χ1n) is 9.74. The highest BCUT2D eigenvalue weighted by Gasteiger charge is 2.37. The molecule has 0 aliphatic carbocycles. The molecule has 29 heavy (non-hydrogen) atoms. The Bertz CT molecular complexity index is 912. The first-order chi connectivity index (χ1) is 13.9. The zero-order valence-electron chi connectivity index (χ0n) is 16.6. The second-order valence-corrected chi connectivity index (χ2v) is 7.45. The average Bonchev–Trinajstić information content (AvgIpc) is 2.72. The Kier molecular flexibility index (Phi) is 6.29. The van der Waals surface area contributed by atoms with Gasteiger partial charge in [-0.2, -0.15) is 0 Å². The molecule has 1 unspecified atom stereocenters. The molecule has 3 amide bonds. The lowest BCUT2D eigenvalue weighted by Crippen LogP contribution is -2.51. The molecule has 2 aromatic rings. The van der Waals surface area contributed by atoms with Crippen molar-refractivity contribution in [1.29, 1.82) is 0 Å². The van der Waals surface area contributed by atoms with E-state index in [-0.39, 0.29) is 23.6 Å². The molecule has 1 aliphatic rings. The zero-order valence-corrected chi connectivity index (χ0v) is 16.6. The van der Waals surface area contributed by atoms with Gasteiger partial charge in [-0.25, -0.2) is 0 Å². The standard InChI is InChI=1S/C22H26N4O3/c1-14(2)12-19-21(28)25-17-13-16(20(27)24-11-10-23)8-9-18(17)26(19)22(29)15-6-4-3-5-7-15/h3-9,13-14,19H,10-12,23H2,1-2H3,(H,24,27)(H,25,28). The van der Waals surface area contributed by atoms with Gasteiger partial charge in [0.15, 0.2) is 0 Å². The van der Waals surface area contributed by atoms with Crippen molar-refractivity contribution < 1.29 is 14.4 Å². The van der Waals surface area contributed by atoms with Crippen LogP contribution in [-0.4, -0.2) is 36.9 Å². The lowest BCUT2D eigenvalue weighted by molar-refractivity contribution is -0.117. The van der Waals surface area contributed by atoms with Crippen molar-refractivity contribution >= 4 is 29.1 Å². The third-order valence-corrected chi connectivity index (χ3v) is 4.75. The van der Waals surface area contributed by atoms with Crippen LogP contribution in [0.25, 0.3) is 0 Å². The van der Waals surface area contributed by atoms with Crippen molar-refractivity contribution in [3.8, 4) is 0 Å². The van der Waals surface area contributed by atoms with E-state index in [0.29, 0.717) is 42.0 Å². The van der Waals surface area contributed by atoms with Crippen LogP contribution in [0.3, 0.4) is 0 Å². The Hall–Kier alpha value is -3.19. The van der Waals surface area contributed by atoms with Crippen LogP contribution in [0, 0.1) is 5.92 Å². The van der Waals surface area contributed by atoms with Gasteiger partial charge >= 0.3 is 0 Å². The van der Waals surface area contributed by atoms with Crippen molar-refractivity contribution in [2.45, 2.75) is 26.3 Å². The zero-order chi connectivity index (χ0) is 21.0. The van der Waals surface area contributed by atoms with Crippen molar-refractivity contribution in [3.63, 3.8) is 0 Å². The molecule has 0 saturated heterocycles. The number of nitrogens with two attached hydrogens (primary N) is 1. The van der Waals surface area contributed by atoms with Crippen LogP contribution in [0.4, 0.5) is 11.4 Å². The number of nitrogens with one attached hydrogen (secondary N) is 2. The minimum absolute atomic E-state index is 0.222. The van der Waals surface area contributed by atoms with E-state index in [1.165, 1.54) is 0 Å². The highest BCUT2D eigenvalue weighted by Crippen LogP contribution is 2.36. The van der Waals surface area contributed by atoms with Gasteiger partial charge in [0, 0.05) is 24.2 Å². The van der Waals surface area contributed by atoms with E-state index in [0.717, 1.165) is 0 Å².